The minimum Gasteiger partial charge on any atom is -0.360 e. The summed E-state index contributed by atoms with van der Waals surface area (Å²) in [6.07, 6.45) is 8.99. The zero-order valence-corrected chi connectivity index (χ0v) is 17.1. The van der Waals surface area contributed by atoms with Gasteiger partial charge in [-0.2, -0.15) is 0 Å². The van der Waals surface area contributed by atoms with Crippen LogP contribution in [0.25, 0.3) is 0 Å². The molecule has 1 aromatic rings. The predicted octanol–water partition coefficient (Wildman–Crippen LogP) is 4.28. The molecule has 0 spiro atoms. The van der Waals surface area contributed by atoms with Gasteiger partial charge >= 0.3 is 0 Å². The number of hydrogen-bond acceptors (Lipinski definition) is 6. The number of aryl methyl sites for hydroxylation is 1. The second-order valence-corrected chi connectivity index (χ2v) is 6.46. The quantitative estimate of drug-likeness (QED) is 0.778. The highest BCUT2D eigenvalue weighted by molar-refractivity contribution is 5.99. The van der Waals surface area contributed by atoms with Crippen molar-refractivity contribution in [2.75, 3.05) is 5.32 Å². The molecule has 0 atom stereocenters. The lowest BCUT2D eigenvalue weighted by Gasteiger charge is -2.26. The second-order valence-electron chi connectivity index (χ2n) is 6.46. The van der Waals surface area contributed by atoms with Gasteiger partial charge in [0, 0.05) is 36.7 Å². The molecule has 2 amide bonds. The normalized spacial score (nSPS) is 16.4. The molecule has 1 N–H and O–H groups in total. The van der Waals surface area contributed by atoms with Gasteiger partial charge in [-0.1, -0.05) is 31.5 Å². The number of anilines is 1. The number of hydrogen-bond donors (Lipinski definition) is 1. The molecule has 152 valence electrons. The molecule has 0 saturated carbocycles. The van der Waals surface area contributed by atoms with Crippen LogP contribution in [0.4, 0.5) is 5.82 Å². The summed E-state index contributed by atoms with van der Waals surface area (Å²) in [7, 11) is 0. The summed E-state index contributed by atoms with van der Waals surface area (Å²) in [6, 6.07) is 1.81. The van der Waals surface area contributed by atoms with Gasteiger partial charge in [0.1, 0.15) is 12.5 Å². The van der Waals surface area contributed by atoms with E-state index in [1.807, 2.05) is 38.9 Å². The number of aromatic nitrogens is 1. The van der Waals surface area contributed by atoms with Crippen LogP contribution in [-0.2, 0) is 14.4 Å². The molecule has 1 aliphatic carbocycles. The predicted molar refractivity (Wildman–Crippen MR) is 108 cm³/mol. The van der Waals surface area contributed by atoms with Crippen molar-refractivity contribution in [3.8, 4) is 0 Å². The van der Waals surface area contributed by atoms with Gasteiger partial charge < -0.3 is 14.6 Å². The van der Waals surface area contributed by atoms with E-state index in [2.05, 4.69) is 24.3 Å². The topological polar surface area (TPSA) is 92.5 Å². The number of nitrogens with one attached hydrogen (secondary N) is 1. The molecule has 1 aromatic heterocycles. The fourth-order valence-corrected chi connectivity index (χ4v) is 2.69. The van der Waals surface area contributed by atoms with E-state index >= 15 is 0 Å². The highest BCUT2D eigenvalue weighted by atomic mass is 16.5. The maximum absolute atomic E-state index is 12.1. The Kier molecular flexibility index (Phi) is 9.64. The van der Waals surface area contributed by atoms with Gasteiger partial charge in [0.15, 0.2) is 5.82 Å². The number of allylic oxidation sites excluding steroid dienone is 4. The van der Waals surface area contributed by atoms with Gasteiger partial charge in [0.25, 0.3) is 0 Å². The largest absolute Gasteiger partial charge is 0.360 e. The molecule has 2 heterocycles. The summed E-state index contributed by atoms with van der Waals surface area (Å²) in [5, 5.41) is 7.11. The van der Waals surface area contributed by atoms with E-state index < -0.39 is 0 Å². The molecule has 3 rings (SSSR count). The van der Waals surface area contributed by atoms with E-state index in [-0.39, 0.29) is 11.8 Å². The van der Waals surface area contributed by atoms with Crippen molar-refractivity contribution in [2.45, 2.75) is 59.8 Å². The number of likely N-dealkylation sites (tertiary alicyclic amines) is 1. The standard InChI is InChI=1S/C17H19N3O3.C3H8.CH2O/c1-11-6-7-13(20-16(21)4-3-5-17(20)22)8-9-14(11)18-15-10-12(2)23-19-15;1-3-2;1-2/h6,8-10H,3-5,7H2,1-2H3,(H,18,19);3H2,1-2H3;1H2. The Balaban J connectivity index is 0.000000717. The molecule has 0 aromatic carbocycles. The van der Waals surface area contributed by atoms with Crippen LogP contribution in [0, 0.1) is 6.92 Å². The molecule has 0 unspecified atom stereocenters. The number of carbonyl (C=O) groups is 3. The highest BCUT2D eigenvalue weighted by Crippen LogP contribution is 2.25. The second kappa shape index (κ2) is 11.7. The van der Waals surface area contributed by atoms with Crippen molar-refractivity contribution < 1.29 is 18.9 Å². The van der Waals surface area contributed by atoms with Crippen LogP contribution in [0.3, 0.4) is 0 Å². The SMILES string of the molecule is C=O.CC1=CCC(N2C(=O)CCCC2=O)=CC=C1Nc1cc(C)on1.CCC. The first-order valence-corrected chi connectivity index (χ1v) is 9.39. The molecule has 28 heavy (non-hydrogen) atoms. The Labute approximate surface area is 166 Å². The van der Waals surface area contributed by atoms with Crippen LogP contribution in [0.2, 0.25) is 0 Å². The number of nitrogens with zero attached hydrogens (tertiary/aromatic N) is 2. The fourth-order valence-electron chi connectivity index (χ4n) is 2.69. The Morgan fingerprint density at radius 3 is 2.29 bits per heavy atom. The Morgan fingerprint density at radius 1 is 1.14 bits per heavy atom. The molecule has 2 aliphatic rings. The van der Waals surface area contributed by atoms with Crippen LogP contribution < -0.4 is 5.32 Å². The maximum Gasteiger partial charge on any atom is 0.233 e. The zero-order valence-electron chi connectivity index (χ0n) is 17.1. The maximum atomic E-state index is 12.1. The summed E-state index contributed by atoms with van der Waals surface area (Å²) in [4.78, 5) is 33.4. The summed E-state index contributed by atoms with van der Waals surface area (Å²) < 4.78 is 5.04. The summed E-state index contributed by atoms with van der Waals surface area (Å²) >= 11 is 0. The zero-order chi connectivity index (χ0) is 21.1. The van der Waals surface area contributed by atoms with E-state index in [1.54, 1.807) is 6.07 Å². The van der Waals surface area contributed by atoms with Gasteiger partial charge in [0.05, 0.1) is 0 Å². The van der Waals surface area contributed by atoms with Gasteiger partial charge in [-0.25, -0.2) is 0 Å². The van der Waals surface area contributed by atoms with Crippen LogP contribution in [-0.4, -0.2) is 28.7 Å². The molecule has 1 fully saturated rings. The molecule has 0 bridgehead atoms. The van der Waals surface area contributed by atoms with Crippen molar-refractivity contribution in [1.82, 2.24) is 10.1 Å². The fraction of sp³-hybridized carbons (Fsp3) is 0.429. The van der Waals surface area contributed by atoms with Crippen LogP contribution in [0.1, 0.15) is 58.6 Å². The van der Waals surface area contributed by atoms with Gasteiger partial charge in [-0.15, -0.1) is 0 Å². The number of carbonyl (C=O) groups excluding carboxylic acids is 3. The molecular formula is C21H29N3O4. The molecule has 7 heteroatoms. The van der Waals surface area contributed by atoms with Gasteiger partial charge in [-0.05, 0) is 38.0 Å². The summed E-state index contributed by atoms with van der Waals surface area (Å²) in [5.41, 5.74) is 2.60. The van der Waals surface area contributed by atoms with Crippen LogP contribution >= 0.6 is 0 Å². The Bertz CT molecular complexity index is 758. The average molecular weight is 387 g/mol. The molecular weight excluding hydrogens is 358 g/mol. The van der Waals surface area contributed by atoms with E-state index in [9.17, 15) is 9.59 Å². The first-order chi connectivity index (χ1) is 13.5. The number of piperidine rings is 1. The van der Waals surface area contributed by atoms with E-state index in [4.69, 9.17) is 9.32 Å². The van der Waals surface area contributed by atoms with Gasteiger partial charge in [0.2, 0.25) is 11.8 Å². The Hall–Kier alpha value is -2.96. The van der Waals surface area contributed by atoms with E-state index in [0.29, 0.717) is 37.2 Å². The number of amides is 2. The molecule has 1 saturated heterocycles. The minimum absolute atomic E-state index is 0.115. The van der Waals surface area contributed by atoms with Crippen molar-refractivity contribution >= 4 is 24.4 Å². The van der Waals surface area contributed by atoms with E-state index in [0.717, 1.165) is 17.0 Å². The summed E-state index contributed by atoms with van der Waals surface area (Å²) in [6.45, 7) is 10.1. The van der Waals surface area contributed by atoms with Crippen molar-refractivity contribution in [2.24, 2.45) is 0 Å². The summed E-state index contributed by atoms with van der Waals surface area (Å²) in [5.74, 6) is 1.12. The lowest BCUT2D eigenvalue weighted by atomic mass is 10.1. The van der Waals surface area contributed by atoms with Crippen LogP contribution in [0.15, 0.2) is 45.8 Å². The third-order valence-corrected chi connectivity index (χ3v) is 3.94. The molecule has 0 radical (unpaired) electrons. The number of imide groups is 1. The monoisotopic (exact) mass is 387 g/mol. The lowest BCUT2D eigenvalue weighted by molar-refractivity contribution is -0.145. The van der Waals surface area contributed by atoms with Crippen molar-refractivity contribution in [3.05, 3.63) is 47.0 Å². The lowest BCUT2D eigenvalue weighted by Crippen LogP contribution is -2.39. The first kappa shape index (κ1) is 23.1. The highest BCUT2D eigenvalue weighted by Gasteiger charge is 2.28. The smallest absolute Gasteiger partial charge is 0.233 e. The molecule has 1 aliphatic heterocycles. The van der Waals surface area contributed by atoms with Crippen molar-refractivity contribution in [1.29, 1.82) is 0 Å². The first-order valence-electron chi connectivity index (χ1n) is 9.39. The van der Waals surface area contributed by atoms with Crippen LogP contribution in [0.5, 0.6) is 0 Å². The Morgan fingerprint density at radius 2 is 1.75 bits per heavy atom. The average Bonchev–Trinajstić information content (AvgIpc) is 3.00. The number of rotatable bonds is 3. The van der Waals surface area contributed by atoms with E-state index in [1.165, 1.54) is 11.3 Å². The minimum atomic E-state index is -0.115. The molecule has 7 nitrogen and oxygen atoms in total. The van der Waals surface area contributed by atoms with Crippen molar-refractivity contribution in [3.63, 3.8) is 0 Å². The van der Waals surface area contributed by atoms with Gasteiger partial charge in [-0.3, -0.25) is 14.5 Å². The third kappa shape index (κ3) is 6.33. The third-order valence-electron chi connectivity index (χ3n) is 3.94.